The van der Waals surface area contributed by atoms with Crippen molar-refractivity contribution in [3.05, 3.63) is 88.1 Å². The fourth-order valence-corrected chi connectivity index (χ4v) is 6.90. The first-order valence-corrected chi connectivity index (χ1v) is 13.8. The smallest absolute Gasteiger partial charge is 0.253 e. The fourth-order valence-electron chi connectivity index (χ4n) is 5.03. The molecule has 190 valence electrons. The topological polar surface area (TPSA) is 109 Å². The normalized spacial score (nSPS) is 18.9. The number of pyridine rings is 1. The van der Waals surface area contributed by atoms with Gasteiger partial charge in [0.2, 0.25) is 5.95 Å². The van der Waals surface area contributed by atoms with Crippen LogP contribution in [0.5, 0.6) is 0 Å². The highest BCUT2D eigenvalue weighted by Gasteiger charge is 2.35. The fraction of sp³-hybridized carbons (Fsp3) is 0.269. The summed E-state index contributed by atoms with van der Waals surface area (Å²) in [5.74, 6) is -0.377. The van der Waals surface area contributed by atoms with E-state index in [1.807, 2.05) is 23.1 Å². The van der Waals surface area contributed by atoms with Crippen molar-refractivity contribution in [3.63, 3.8) is 0 Å². The van der Waals surface area contributed by atoms with Crippen LogP contribution in [0.3, 0.4) is 0 Å². The number of piperazine rings is 1. The molecule has 9 nitrogen and oxygen atoms in total. The number of nitrogens with zero attached hydrogens (tertiary/aromatic N) is 4. The minimum absolute atomic E-state index is 0.134. The molecule has 2 aromatic heterocycles. The zero-order chi connectivity index (χ0) is 25.6. The molecule has 2 aliphatic heterocycles. The number of nitrogens with one attached hydrogen (secondary N) is 2. The van der Waals surface area contributed by atoms with Crippen LogP contribution >= 0.6 is 0 Å². The van der Waals surface area contributed by atoms with Crippen molar-refractivity contribution in [1.29, 1.82) is 0 Å². The zero-order valence-corrected chi connectivity index (χ0v) is 20.7. The van der Waals surface area contributed by atoms with Crippen molar-refractivity contribution in [1.82, 2.24) is 19.9 Å². The number of rotatable bonds is 4. The summed E-state index contributed by atoms with van der Waals surface area (Å²) >= 11 is 0. The van der Waals surface area contributed by atoms with Crippen LogP contribution in [0.15, 0.2) is 65.6 Å². The molecule has 0 saturated carbocycles. The molecule has 0 radical (unpaired) electrons. The monoisotopic (exact) mass is 520 g/mol. The minimum atomic E-state index is -3.67. The van der Waals surface area contributed by atoms with E-state index in [4.69, 9.17) is 0 Å². The Labute approximate surface area is 212 Å². The highest BCUT2D eigenvalue weighted by Crippen LogP contribution is 2.33. The third-order valence-electron chi connectivity index (χ3n) is 6.90. The predicted octanol–water partition coefficient (Wildman–Crippen LogP) is 2.75. The van der Waals surface area contributed by atoms with E-state index in [9.17, 15) is 17.6 Å². The molecule has 0 bridgehead atoms. The minimum Gasteiger partial charge on any atom is -0.367 e. The van der Waals surface area contributed by atoms with Crippen LogP contribution in [0.1, 0.15) is 16.5 Å². The number of benzene rings is 2. The Bertz CT molecular complexity index is 1670. The maximum absolute atomic E-state index is 14.9. The third kappa shape index (κ3) is 4.44. The van der Waals surface area contributed by atoms with E-state index in [2.05, 4.69) is 20.6 Å². The van der Waals surface area contributed by atoms with Crippen LogP contribution in [-0.2, 0) is 22.0 Å². The average molecular weight is 521 g/mol. The van der Waals surface area contributed by atoms with Gasteiger partial charge in [-0.15, -0.1) is 0 Å². The molecule has 0 aliphatic carbocycles. The van der Waals surface area contributed by atoms with Crippen LogP contribution in [0.4, 0.5) is 21.7 Å². The van der Waals surface area contributed by atoms with Gasteiger partial charge in [0, 0.05) is 55.9 Å². The van der Waals surface area contributed by atoms with Gasteiger partial charge >= 0.3 is 0 Å². The first-order valence-electron chi connectivity index (χ1n) is 12.1. The second-order valence-corrected chi connectivity index (χ2v) is 11.4. The number of fused-ring (bicyclic) bond motifs is 2. The van der Waals surface area contributed by atoms with E-state index < -0.39 is 20.8 Å². The van der Waals surface area contributed by atoms with Gasteiger partial charge in [0.1, 0.15) is 16.8 Å². The lowest BCUT2D eigenvalue weighted by Gasteiger charge is -2.29. The summed E-state index contributed by atoms with van der Waals surface area (Å²) in [4.78, 5) is 23.8. The largest absolute Gasteiger partial charge is 0.367 e. The number of hydrogen-bond acceptors (Lipinski definition) is 8. The van der Waals surface area contributed by atoms with E-state index in [1.54, 1.807) is 24.3 Å². The molecule has 11 heteroatoms. The van der Waals surface area contributed by atoms with E-state index in [1.165, 1.54) is 22.9 Å². The molecule has 0 spiro atoms. The Morgan fingerprint density at radius 1 is 1.03 bits per heavy atom. The number of sulfone groups is 1. The van der Waals surface area contributed by atoms with E-state index in [0.29, 0.717) is 16.8 Å². The molecule has 1 saturated heterocycles. The molecule has 1 fully saturated rings. The quantitative estimate of drug-likeness (QED) is 0.423. The van der Waals surface area contributed by atoms with Crippen molar-refractivity contribution in [2.45, 2.75) is 17.5 Å². The number of aromatic nitrogens is 3. The van der Waals surface area contributed by atoms with Gasteiger partial charge in [-0.2, -0.15) is 4.98 Å². The molecular weight excluding hydrogens is 495 g/mol. The molecule has 2 N–H and O–H groups in total. The lowest BCUT2D eigenvalue weighted by molar-refractivity contribution is 0.533. The summed E-state index contributed by atoms with van der Waals surface area (Å²) < 4.78 is 42.6. The van der Waals surface area contributed by atoms with Gasteiger partial charge in [-0.05, 0) is 35.4 Å². The van der Waals surface area contributed by atoms with Gasteiger partial charge in [0.05, 0.1) is 11.4 Å². The molecule has 2 aliphatic rings. The summed E-state index contributed by atoms with van der Waals surface area (Å²) in [5, 5.41) is 5.69. The number of hydrogen-bond donors (Lipinski definition) is 2. The van der Waals surface area contributed by atoms with Crippen molar-refractivity contribution >= 4 is 38.2 Å². The molecule has 37 heavy (non-hydrogen) atoms. The standard InChI is InChI=1S/C26H25FN6O3S/c27-21-14-20(6-7-22(21)32-11-9-28-10-12-32)30-26-29-15-18-5-8-23(34)33(25(18)31-26)24-13-17-3-1-2-4-19(17)16-37(24,35)36/h1-8,14-15,24,28H,9-13,16H2,(H,29,30,31). The molecule has 4 heterocycles. The molecule has 1 atom stereocenters. The van der Waals surface area contributed by atoms with Crippen molar-refractivity contribution in [3.8, 4) is 0 Å². The van der Waals surface area contributed by atoms with Gasteiger partial charge in [-0.25, -0.2) is 17.8 Å². The maximum Gasteiger partial charge on any atom is 0.253 e. The van der Waals surface area contributed by atoms with Crippen LogP contribution in [0.25, 0.3) is 11.0 Å². The second-order valence-electron chi connectivity index (χ2n) is 9.28. The lowest BCUT2D eigenvalue weighted by Crippen LogP contribution is -2.43. The maximum atomic E-state index is 14.9. The van der Waals surface area contributed by atoms with Gasteiger partial charge in [0.25, 0.3) is 5.56 Å². The van der Waals surface area contributed by atoms with E-state index >= 15 is 0 Å². The number of halogens is 1. The third-order valence-corrected chi connectivity index (χ3v) is 8.82. The van der Waals surface area contributed by atoms with Crippen molar-refractivity contribution in [2.24, 2.45) is 0 Å². The average Bonchev–Trinajstić information content (AvgIpc) is 2.89. The van der Waals surface area contributed by atoms with Crippen LogP contribution < -0.4 is 21.1 Å². The lowest BCUT2D eigenvalue weighted by atomic mass is 10.1. The Hall–Kier alpha value is -3.83. The molecular formula is C26H25FN6O3S. The zero-order valence-electron chi connectivity index (χ0n) is 19.9. The first kappa shape index (κ1) is 23.6. The highest BCUT2D eigenvalue weighted by atomic mass is 32.2. The summed E-state index contributed by atoms with van der Waals surface area (Å²) in [5.41, 5.74) is 2.35. The molecule has 0 amide bonds. The van der Waals surface area contributed by atoms with Gasteiger partial charge < -0.3 is 15.5 Å². The SMILES string of the molecule is O=c1ccc2cnc(Nc3ccc(N4CCNCC4)c(F)c3)nc2n1C1Cc2ccccc2CS1(=O)=O. The Morgan fingerprint density at radius 3 is 2.59 bits per heavy atom. The van der Waals surface area contributed by atoms with Crippen LogP contribution in [-0.4, -0.2) is 49.1 Å². The Balaban J connectivity index is 1.36. The van der Waals surface area contributed by atoms with Gasteiger partial charge in [-0.1, -0.05) is 24.3 Å². The molecule has 6 rings (SSSR count). The Kier molecular flexibility index (Phi) is 5.88. The second kappa shape index (κ2) is 9.24. The van der Waals surface area contributed by atoms with Gasteiger partial charge in [0.15, 0.2) is 9.84 Å². The summed E-state index contributed by atoms with van der Waals surface area (Å²) in [7, 11) is -3.67. The van der Waals surface area contributed by atoms with E-state index in [0.717, 1.165) is 37.3 Å². The summed E-state index contributed by atoms with van der Waals surface area (Å²) in [6.07, 6.45) is 1.69. The summed E-state index contributed by atoms with van der Waals surface area (Å²) in [6.45, 7) is 3.05. The van der Waals surface area contributed by atoms with Crippen LogP contribution in [0.2, 0.25) is 0 Å². The van der Waals surface area contributed by atoms with Gasteiger partial charge in [-0.3, -0.25) is 9.36 Å². The molecule has 1 unspecified atom stereocenters. The summed E-state index contributed by atoms with van der Waals surface area (Å²) in [6, 6.07) is 15.1. The van der Waals surface area contributed by atoms with Crippen molar-refractivity contribution in [2.75, 3.05) is 36.4 Å². The molecule has 2 aromatic carbocycles. The van der Waals surface area contributed by atoms with E-state index in [-0.39, 0.29) is 29.6 Å². The predicted molar refractivity (Wildman–Crippen MR) is 140 cm³/mol. The van der Waals surface area contributed by atoms with Crippen molar-refractivity contribution < 1.29 is 12.8 Å². The highest BCUT2D eigenvalue weighted by molar-refractivity contribution is 7.90. The van der Waals surface area contributed by atoms with Crippen LogP contribution in [0, 0.1) is 5.82 Å². The first-order chi connectivity index (χ1) is 17.9. The Morgan fingerprint density at radius 2 is 1.81 bits per heavy atom. The molecule has 4 aromatic rings. The number of anilines is 3.